The van der Waals surface area contributed by atoms with Gasteiger partial charge in [0.25, 0.3) is 0 Å². The topological polar surface area (TPSA) is 0 Å². The molecule has 0 amide bonds. The summed E-state index contributed by atoms with van der Waals surface area (Å²) < 4.78 is -1.82. The SMILES string of the molecule is CC(C)(C)c1ccc2c(c1)[cH-]c1cc(C(C)(C)C)ccc12.ClC(Cl)(Cl)c1cccc([C](=[Zr+2])c2cccc(C(Cl)(Cl)Cl)c2)c1.c1cc[cH-]c1. The Morgan fingerprint density at radius 2 is 0.896 bits per heavy atom. The number of hydrogen-bond donors (Lipinski definition) is 0. The third kappa shape index (κ3) is 10.6. The standard InChI is InChI=1S/C21H25.C15H8Cl6.C5H5.Zr/c1-20(2,3)16-7-9-18-14(12-16)11-15-13-17(21(4,5)6)8-10-19(15)18;16-14(17,18)12-5-1-3-10(8-12)7-11-4-2-6-13(9-11)15(19,20)21;1-2-4-5-3-1;/h7-13H,1-6H3;1-6,8-9H;1-5H;/q-1;;-1;+2. The summed E-state index contributed by atoms with van der Waals surface area (Å²) in [7, 11) is 0. The van der Waals surface area contributed by atoms with Crippen LogP contribution in [0.5, 0.6) is 0 Å². The second-order valence-corrected chi connectivity index (χ2v) is 19.5. The van der Waals surface area contributed by atoms with Crippen LogP contribution in [0, 0.1) is 0 Å². The predicted molar refractivity (Wildman–Crippen MR) is 211 cm³/mol. The molecule has 0 N–H and O–H groups in total. The van der Waals surface area contributed by atoms with Gasteiger partial charge >= 0.3 is 175 Å². The van der Waals surface area contributed by atoms with E-state index < -0.39 is 7.59 Å². The molecule has 0 spiro atoms. The molecule has 0 heterocycles. The van der Waals surface area contributed by atoms with E-state index in [1.54, 1.807) is 12.1 Å². The maximum absolute atomic E-state index is 5.94. The maximum Gasteiger partial charge on any atom is -0.172 e. The van der Waals surface area contributed by atoms with Crippen molar-refractivity contribution in [1.29, 1.82) is 0 Å². The van der Waals surface area contributed by atoms with E-state index in [1.807, 2.05) is 66.7 Å². The first-order valence-electron chi connectivity index (χ1n) is 15.5. The molecular formula is C41H38Cl6Zr. The largest absolute Gasteiger partial charge is 0.214 e. The summed E-state index contributed by atoms with van der Waals surface area (Å²) >= 11 is 36.9. The molecule has 0 saturated heterocycles. The van der Waals surface area contributed by atoms with Crippen molar-refractivity contribution in [2.24, 2.45) is 0 Å². The van der Waals surface area contributed by atoms with Crippen molar-refractivity contribution in [2.45, 2.75) is 60.0 Å². The fourth-order valence-corrected chi connectivity index (χ4v) is 6.61. The fraction of sp³-hybridized carbons (Fsp3) is 0.244. The van der Waals surface area contributed by atoms with Crippen LogP contribution in [-0.2, 0) is 42.7 Å². The third-order valence-electron chi connectivity index (χ3n) is 7.95. The number of fused-ring (bicyclic) bond motifs is 3. The molecule has 0 atom stereocenters. The van der Waals surface area contributed by atoms with Gasteiger partial charge in [-0.05, 0) is 10.8 Å². The van der Waals surface area contributed by atoms with Gasteiger partial charge in [-0.2, -0.15) is 18.2 Å². The van der Waals surface area contributed by atoms with Crippen molar-refractivity contribution >= 4 is 94.4 Å². The van der Waals surface area contributed by atoms with Gasteiger partial charge in [-0.15, -0.1) is 39.7 Å². The molecular weight excluding hydrogens is 796 g/mol. The maximum atomic E-state index is 5.94. The molecule has 0 unspecified atom stereocenters. The second kappa shape index (κ2) is 15.9. The van der Waals surface area contributed by atoms with Crippen LogP contribution in [0.4, 0.5) is 0 Å². The molecule has 6 aromatic carbocycles. The number of hydrogen-bond acceptors (Lipinski definition) is 0. The normalized spacial score (nSPS) is 12.3. The second-order valence-electron chi connectivity index (χ2n) is 13.7. The predicted octanol–water partition coefficient (Wildman–Crippen LogP) is 14.2. The molecule has 7 heteroatoms. The minimum Gasteiger partial charge on any atom is -0.214 e. The van der Waals surface area contributed by atoms with Gasteiger partial charge in [-0.3, -0.25) is 0 Å². The molecule has 0 bridgehead atoms. The molecule has 0 aliphatic rings. The van der Waals surface area contributed by atoms with Crippen molar-refractivity contribution < 1.29 is 24.2 Å². The molecule has 248 valence electrons. The summed E-state index contributed by atoms with van der Waals surface area (Å²) in [5, 5.41) is 5.48. The zero-order valence-electron chi connectivity index (χ0n) is 27.8. The van der Waals surface area contributed by atoms with Crippen LogP contribution in [-0.4, -0.2) is 3.21 Å². The molecule has 0 aromatic heterocycles. The Morgan fingerprint density at radius 1 is 0.500 bits per heavy atom. The minimum atomic E-state index is -1.45. The first-order valence-corrected chi connectivity index (χ1v) is 19.0. The molecule has 0 aliphatic carbocycles. The van der Waals surface area contributed by atoms with E-state index in [-0.39, 0.29) is 10.8 Å². The van der Waals surface area contributed by atoms with Crippen LogP contribution < -0.4 is 0 Å². The zero-order valence-corrected chi connectivity index (χ0v) is 34.8. The Morgan fingerprint density at radius 3 is 1.21 bits per heavy atom. The van der Waals surface area contributed by atoms with E-state index in [0.717, 1.165) is 14.3 Å². The van der Waals surface area contributed by atoms with E-state index >= 15 is 0 Å². The smallest absolute Gasteiger partial charge is 0.172 e. The number of halogens is 6. The van der Waals surface area contributed by atoms with Crippen LogP contribution in [0.25, 0.3) is 21.5 Å². The minimum absolute atomic E-state index is 0.203. The third-order valence-corrected chi connectivity index (χ3v) is 10.7. The Labute approximate surface area is 330 Å². The summed E-state index contributed by atoms with van der Waals surface area (Å²) in [5.74, 6) is 0. The van der Waals surface area contributed by atoms with Gasteiger partial charge < -0.3 is 0 Å². The van der Waals surface area contributed by atoms with Gasteiger partial charge in [0.15, 0.2) is 0 Å². The quantitative estimate of drug-likeness (QED) is 0.120. The van der Waals surface area contributed by atoms with Gasteiger partial charge in [0.05, 0.1) is 0 Å². The Bertz CT molecular complexity index is 1830. The van der Waals surface area contributed by atoms with E-state index in [4.69, 9.17) is 69.6 Å². The number of alkyl halides is 6. The number of rotatable bonds is 2. The molecule has 0 radical (unpaired) electrons. The van der Waals surface area contributed by atoms with E-state index in [9.17, 15) is 0 Å². The van der Waals surface area contributed by atoms with Gasteiger partial charge in [0.1, 0.15) is 0 Å². The molecule has 6 rings (SSSR count). The van der Waals surface area contributed by atoms with Crippen LogP contribution in [0.1, 0.15) is 74.9 Å². The summed E-state index contributed by atoms with van der Waals surface area (Å²) in [6, 6.07) is 41.1. The summed E-state index contributed by atoms with van der Waals surface area (Å²) in [5.41, 5.74) is 6.40. The first kappa shape index (κ1) is 39.4. The Balaban J connectivity index is 0.000000189. The first-order chi connectivity index (χ1) is 22.2. The van der Waals surface area contributed by atoms with Gasteiger partial charge in [0.2, 0.25) is 0 Å². The van der Waals surface area contributed by atoms with Crippen LogP contribution >= 0.6 is 69.6 Å². The van der Waals surface area contributed by atoms with Crippen molar-refractivity contribution in [3.8, 4) is 0 Å². The van der Waals surface area contributed by atoms with Crippen molar-refractivity contribution in [3.05, 3.63) is 155 Å². The molecule has 0 fully saturated rings. The summed E-state index contributed by atoms with van der Waals surface area (Å²) in [6.07, 6.45) is 0. The van der Waals surface area contributed by atoms with Gasteiger partial charge in [-0.25, -0.2) is 12.1 Å². The van der Waals surface area contributed by atoms with E-state index in [1.165, 1.54) is 56.9 Å². The monoisotopic (exact) mass is 830 g/mol. The fourth-order valence-electron chi connectivity index (χ4n) is 5.14. The van der Waals surface area contributed by atoms with Crippen LogP contribution in [0.3, 0.4) is 0 Å². The molecule has 0 nitrogen and oxygen atoms in total. The van der Waals surface area contributed by atoms with Gasteiger partial charge in [0, 0.05) is 0 Å². The Hall–Kier alpha value is -1.41. The number of benzene rings is 4. The van der Waals surface area contributed by atoms with Crippen molar-refractivity contribution in [2.75, 3.05) is 0 Å². The molecule has 0 aliphatic heterocycles. The average molecular weight is 835 g/mol. The summed E-state index contributed by atoms with van der Waals surface area (Å²) in [4.78, 5) is 0. The van der Waals surface area contributed by atoms with Gasteiger partial charge in [-0.1, -0.05) is 76.9 Å². The van der Waals surface area contributed by atoms with Crippen LogP contribution in [0.2, 0.25) is 0 Å². The average Bonchev–Trinajstić information content (AvgIpc) is 3.71. The van der Waals surface area contributed by atoms with E-state index in [0.29, 0.717) is 11.1 Å². The molecule has 0 saturated carbocycles. The zero-order chi connectivity index (χ0) is 35.5. The molecule has 48 heavy (non-hydrogen) atoms. The van der Waals surface area contributed by atoms with Crippen LogP contribution in [0.15, 0.2) is 121 Å². The van der Waals surface area contributed by atoms with Crippen molar-refractivity contribution in [1.82, 2.24) is 0 Å². The van der Waals surface area contributed by atoms with E-state index in [2.05, 4.69) is 84.0 Å². The summed E-state index contributed by atoms with van der Waals surface area (Å²) in [6.45, 7) is 13.6. The Kier molecular flexibility index (Phi) is 13.0. The molecule has 6 aromatic rings. The van der Waals surface area contributed by atoms with Crippen molar-refractivity contribution in [3.63, 3.8) is 0 Å².